The number of amides is 3. The molecule has 0 N–H and O–H groups in total. The Labute approximate surface area is 287 Å². The number of amidine groups is 1. The molecule has 48 heavy (non-hydrogen) atoms. The smallest absolute Gasteiger partial charge is 0.416 e. The molecule has 4 rings (SSSR count). The van der Waals surface area contributed by atoms with E-state index in [-0.39, 0.29) is 54.7 Å². The summed E-state index contributed by atoms with van der Waals surface area (Å²) in [6.07, 6.45) is 2.19. The Morgan fingerprint density at radius 3 is 2.19 bits per heavy atom. The highest BCUT2D eigenvalue weighted by atomic mass is 32.1. The van der Waals surface area contributed by atoms with Gasteiger partial charge >= 0.3 is 12.2 Å². The quantitative estimate of drug-likeness (QED) is 0.217. The van der Waals surface area contributed by atoms with Gasteiger partial charge in [-0.1, -0.05) is 65.0 Å². The number of aliphatic imine (C=N–C) groups is 1. The summed E-state index contributed by atoms with van der Waals surface area (Å²) < 4.78 is 51.6. The molecular formula is C36H47F3N4O4S. The first-order chi connectivity index (χ1) is 22.9. The van der Waals surface area contributed by atoms with E-state index in [9.17, 15) is 22.8 Å². The second-order valence-electron chi connectivity index (χ2n) is 11.5. The van der Waals surface area contributed by atoms with Crippen molar-refractivity contribution in [1.29, 1.82) is 0 Å². The van der Waals surface area contributed by atoms with E-state index < -0.39 is 23.8 Å². The van der Waals surface area contributed by atoms with Crippen LogP contribution in [0.25, 0.3) is 0 Å². The van der Waals surface area contributed by atoms with Crippen LogP contribution in [-0.2, 0) is 15.7 Å². The molecular weight excluding hydrogens is 641 g/mol. The fourth-order valence-corrected chi connectivity index (χ4v) is 5.75. The fourth-order valence-electron chi connectivity index (χ4n) is 5.60. The number of carbonyl (C=O) groups is 2. The fraction of sp³-hybridized carbons (Fsp3) is 0.472. The highest BCUT2D eigenvalue weighted by Gasteiger charge is 2.45. The molecule has 12 heteroatoms. The highest BCUT2D eigenvalue weighted by molar-refractivity contribution is 7.80. The van der Waals surface area contributed by atoms with E-state index in [1.54, 1.807) is 14.7 Å². The Kier molecular flexibility index (Phi) is 14.2. The van der Waals surface area contributed by atoms with Crippen molar-refractivity contribution in [2.75, 3.05) is 47.0 Å². The number of benzene rings is 2. The summed E-state index contributed by atoms with van der Waals surface area (Å²) in [5.41, 5.74) is 1.06. The maximum atomic E-state index is 14.7. The van der Waals surface area contributed by atoms with Crippen LogP contribution in [0.3, 0.4) is 0 Å². The van der Waals surface area contributed by atoms with Gasteiger partial charge in [0, 0.05) is 38.2 Å². The molecule has 2 aromatic rings. The number of hydrogen-bond donors (Lipinski definition) is 1. The number of thiol groups is 1. The zero-order valence-electron chi connectivity index (χ0n) is 28.8. The number of methoxy groups -OCH3 is 2. The Bertz CT molecular complexity index is 1480. The number of piperazine rings is 1. The summed E-state index contributed by atoms with van der Waals surface area (Å²) in [7, 11) is 2.75. The Balaban J connectivity index is 0.00000307. The highest BCUT2D eigenvalue weighted by Crippen LogP contribution is 2.41. The van der Waals surface area contributed by atoms with Crippen molar-refractivity contribution in [2.45, 2.75) is 64.2 Å². The van der Waals surface area contributed by atoms with Gasteiger partial charge in [0.25, 0.3) is 0 Å². The van der Waals surface area contributed by atoms with Crippen LogP contribution in [0, 0.1) is 5.92 Å². The summed E-state index contributed by atoms with van der Waals surface area (Å²) in [6.45, 7) is 11.2. The Hall–Kier alpha value is -3.77. The maximum absolute atomic E-state index is 14.7. The normalized spacial score (nSPS) is 18.6. The number of alkyl halides is 3. The van der Waals surface area contributed by atoms with Crippen LogP contribution in [0.4, 0.5) is 18.0 Å². The first-order valence-corrected chi connectivity index (χ1v) is 16.7. The minimum absolute atomic E-state index is 0.0488. The number of halogens is 3. The van der Waals surface area contributed by atoms with Crippen molar-refractivity contribution >= 4 is 30.4 Å². The molecule has 2 heterocycles. The largest absolute Gasteiger partial charge is 0.496 e. The predicted octanol–water partition coefficient (Wildman–Crippen LogP) is 7.66. The number of allylic oxidation sites excluding steroid dienone is 2. The van der Waals surface area contributed by atoms with Crippen LogP contribution in [0.1, 0.15) is 63.8 Å². The first kappa shape index (κ1) is 38.7. The molecule has 8 nitrogen and oxygen atoms in total. The molecule has 1 fully saturated rings. The molecule has 2 aromatic carbocycles. The van der Waals surface area contributed by atoms with Crippen LogP contribution in [0.15, 0.2) is 76.2 Å². The third-order valence-corrected chi connectivity index (χ3v) is 8.20. The van der Waals surface area contributed by atoms with Crippen molar-refractivity contribution in [3.05, 3.63) is 83.0 Å². The zero-order valence-corrected chi connectivity index (χ0v) is 29.6. The summed E-state index contributed by atoms with van der Waals surface area (Å²) in [5.74, 6) is 0.217. The average molecular weight is 689 g/mol. The van der Waals surface area contributed by atoms with Crippen LogP contribution < -0.4 is 4.74 Å². The van der Waals surface area contributed by atoms with Crippen molar-refractivity contribution in [1.82, 2.24) is 14.7 Å². The lowest BCUT2D eigenvalue weighted by Gasteiger charge is -2.39. The second-order valence-corrected chi connectivity index (χ2v) is 12.0. The van der Waals surface area contributed by atoms with Gasteiger partial charge in [0.05, 0.1) is 24.3 Å². The Morgan fingerprint density at radius 2 is 1.65 bits per heavy atom. The zero-order chi connectivity index (χ0) is 35.6. The number of urea groups is 1. The van der Waals surface area contributed by atoms with Gasteiger partial charge in [-0.05, 0) is 53.8 Å². The number of rotatable bonds is 9. The van der Waals surface area contributed by atoms with Gasteiger partial charge in [-0.25, -0.2) is 4.79 Å². The molecule has 2 aliphatic heterocycles. The van der Waals surface area contributed by atoms with E-state index in [0.717, 1.165) is 28.2 Å². The number of hydrogen-bond acceptors (Lipinski definition) is 6. The minimum atomic E-state index is -4.59. The van der Waals surface area contributed by atoms with Gasteiger partial charge in [0.2, 0.25) is 5.91 Å². The molecule has 0 bridgehead atoms. The van der Waals surface area contributed by atoms with Crippen LogP contribution in [0.2, 0.25) is 0 Å². The number of carbonyl (C=O) groups excluding carboxylic acids is 2. The third kappa shape index (κ3) is 9.22. The summed E-state index contributed by atoms with van der Waals surface area (Å²) in [4.78, 5) is 37.9. The molecule has 1 saturated heterocycles. The maximum Gasteiger partial charge on any atom is 0.416 e. The van der Waals surface area contributed by atoms with Gasteiger partial charge in [0.15, 0.2) is 0 Å². The van der Waals surface area contributed by atoms with Crippen LogP contribution in [0.5, 0.6) is 5.75 Å². The van der Waals surface area contributed by atoms with Crippen molar-refractivity contribution in [2.24, 2.45) is 10.9 Å². The van der Waals surface area contributed by atoms with E-state index in [0.29, 0.717) is 19.5 Å². The topological polar surface area (TPSA) is 74.7 Å². The summed E-state index contributed by atoms with van der Waals surface area (Å²) >= 11 is 4.44. The predicted molar refractivity (Wildman–Crippen MR) is 186 cm³/mol. The van der Waals surface area contributed by atoms with E-state index in [1.165, 1.54) is 20.3 Å². The molecule has 0 aromatic heterocycles. The van der Waals surface area contributed by atoms with E-state index in [1.807, 2.05) is 57.2 Å². The number of nitrogens with zero attached hydrogens (tertiary/aromatic N) is 4. The van der Waals surface area contributed by atoms with Crippen molar-refractivity contribution in [3.8, 4) is 5.75 Å². The molecule has 0 radical (unpaired) electrons. The SMILES string of the molecule is CC.CC/C=C(\C=C/C(C)C)C1C(c2ccc(S)cc2)N=C(c2ccc(C(F)(F)F)cc2OC)N1C(=O)N1CCN(C(=O)COC)CC1. The van der Waals surface area contributed by atoms with Gasteiger partial charge in [-0.2, -0.15) is 13.2 Å². The minimum Gasteiger partial charge on any atom is -0.496 e. The van der Waals surface area contributed by atoms with Crippen LogP contribution >= 0.6 is 12.6 Å². The van der Waals surface area contributed by atoms with Gasteiger partial charge < -0.3 is 19.3 Å². The van der Waals surface area contributed by atoms with E-state index in [4.69, 9.17) is 14.5 Å². The monoisotopic (exact) mass is 688 g/mol. The standard InChI is InChI=1S/C34H41F3N4O4S.C2H6/c1-6-7-24(9-8-22(2)3)31-30(23-10-13-26(46)14-11-23)38-32(27-15-12-25(34(35,36)37)20-28(27)45-5)41(31)33(43)40-18-16-39(17-19-40)29(42)21-44-4;1-2/h7-15,20,22,30-31,46H,6,16-19,21H2,1-5H3;1-2H3/b9-8-,24-7+;. The third-order valence-electron chi connectivity index (χ3n) is 7.90. The van der Waals surface area contributed by atoms with Crippen LogP contribution in [-0.4, -0.2) is 85.5 Å². The molecule has 2 unspecified atom stereocenters. The molecule has 3 amide bonds. The lowest BCUT2D eigenvalue weighted by atomic mass is 9.92. The Morgan fingerprint density at radius 1 is 1.02 bits per heavy atom. The molecule has 0 aliphatic carbocycles. The van der Waals surface area contributed by atoms with Gasteiger partial charge in [-0.15, -0.1) is 12.6 Å². The average Bonchev–Trinajstić information content (AvgIpc) is 3.47. The molecule has 2 aliphatic rings. The summed E-state index contributed by atoms with van der Waals surface area (Å²) in [6, 6.07) is 9.13. The summed E-state index contributed by atoms with van der Waals surface area (Å²) in [5, 5.41) is 0. The molecule has 0 saturated carbocycles. The lowest BCUT2D eigenvalue weighted by Crippen LogP contribution is -2.57. The van der Waals surface area contributed by atoms with Gasteiger partial charge in [0.1, 0.15) is 24.2 Å². The molecule has 0 spiro atoms. The first-order valence-electron chi connectivity index (χ1n) is 16.2. The van der Waals surface area contributed by atoms with E-state index >= 15 is 0 Å². The molecule has 262 valence electrons. The number of ether oxygens (including phenoxy) is 2. The lowest BCUT2D eigenvalue weighted by molar-refractivity contribution is -0.138. The van der Waals surface area contributed by atoms with Crippen molar-refractivity contribution in [3.63, 3.8) is 0 Å². The van der Waals surface area contributed by atoms with Gasteiger partial charge in [-0.3, -0.25) is 14.7 Å². The second kappa shape index (κ2) is 17.6. The van der Waals surface area contributed by atoms with Crippen molar-refractivity contribution < 1.29 is 32.2 Å². The molecule has 2 atom stereocenters. The van der Waals surface area contributed by atoms with E-state index in [2.05, 4.69) is 32.6 Å².